The van der Waals surface area contributed by atoms with Gasteiger partial charge in [-0.1, -0.05) is 32.1 Å². The molecule has 0 aromatic heterocycles. The average Bonchev–Trinajstić information content (AvgIpc) is 2.40. The van der Waals surface area contributed by atoms with Gasteiger partial charge in [-0.15, -0.1) is 0 Å². The molecule has 0 aromatic rings. The van der Waals surface area contributed by atoms with Crippen LogP contribution in [0.25, 0.3) is 0 Å². The monoisotopic (exact) mass is 238 g/mol. The molecule has 100 valence electrons. The zero-order valence-electron chi connectivity index (χ0n) is 11.5. The molecule has 0 amide bonds. The van der Waals surface area contributed by atoms with Gasteiger partial charge in [-0.3, -0.25) is 0 Å². The van der Waals surface area contributed by atoms with Crippen molar-refractivity contribution in [2.24, 2.45) is 17.6 Å². The molecule has 0 spiro atoms. The van der Waals surface area contributed by atoms with Crippen molar-refractivity contribution in [3.05, 3.63) is 0 Å². The third kappa shape index (κ3) is 3.69. The lowest BCUT2D eigenvalue weighted by Crippen LogP contribution is -2.48. The highest BCUT2D eigenvalue weighted by atomic mass is 15.0. The smallest absolute Gasteiger partial charge is 0.0110 e. The van der Waals surface area contributed by atoms with Gasteiger partial charge in [0.2, 0.25) is 0 Å². The first-order valence-corrected chi connectivity index (χ1v) is 7.77. The minimum atomic E-state index is 0.700. The summed E-state index contributed by atoms with van der Waals surface area (Å²) in [5.41, 5.74) is 5.91. The number of nitrogens with one attached hydrogen (secondary N) is 1. The second-order valence-corrected chi connectivity index (χ2v) is 6.24. The van der Waals surface area contributed by atoms with E-state index in [1.54, 1.807) is 0 Å². The largest absolute Gasteiger partial charge is 0.330 e. The van der Waals surface area contributed by atoms with Gasteiger partial charge < -0.3 is 11.1 Å². The van der Waals surface area contributed by atoms with Crippen molar-refractivity contribution in [2.75, 3.05) is 6.54 Å². The van der Waals surface area contributed by atoms with E-state index < -0.39 is 0 Å². The van der Waals surface area contributed by atoms with Crippen molar-refractivity contribution < 1.29 is 0 Å². The molecule has 0 aliphatic heterocycles. The first-order valence-electron chi connectivity index (χ1n) is 7.77. The van der Waals surface area contributed by atoms with Crippen LogP contribution >= 0.6 is 0 Å². The summed E-state index contributed by atoms with van der Waals surface area (Å²) in [4.78, 5) is 0. The highest BCUT2D eigenvalue weighted by Crippen LogP contribution is 2.29. The molecular formula is C15H30N2. The average molecular weight is 238 g/mol. The van der Waals surface area contributed by atoms with Crippen LogP contribution in [-0.2, 0) is 0 Å². The zero-order valence-corrected chi connectivity index (χ0v) is 11.5. The summed E-state index contributed by atoms with van der Waals surface area (Å²) >= 11 is 0. The van der Waals surface area contributed by atoms with E-state index in [9.17, 15) is 0 Å². The van der Waals surface area contributed by atoms with E-state index in [0.717, 1.165) is 18.4 Å². The molecule has 2 heteroatoms. The van der Waals surface area contributed by atoms with E-state index in [4.69, 9.17) is 5.73 Å². The Balaban J connectivity index is 1.81. The summed E-state index contributed by atoms with van der Waals surface area (Å²) in [5, 5.41) is 3.91. The maximum Gasteiger partial charge on any atom is 0.0110 e. The van der Waals surface area contributed by atoms with Crippen molar-refractivity contribution in [2.45, 2.75) is 76.8 Å². The third-order valence-corrected chi connectivity index (χ3v) is 5.05. The fraction of sp³-hybridized carbons (Fsp3) is 1.00. The van der Waals surface area contributed by atoms with Gasteiger partial charge in [-0.2, -0.15) is 0 Å². The Morgan fingerprint density at radius 2 is 1.65 bits per heavy atom. The van der Waals surface area contributed by atoms with Crippen molar-refractivity contribution in [3.63, 3.8) is 0 Å². The Morgan fingerprint density at radius 3 is 2.35 bits per heavy atom. The van der Waals surface area contributed by atoms with Crippen LogP contribution in [0.1, 0.15) is 64.7 Å². The van der Waals surface area contributed by atoms with Crippen LogP contribution in [0.4, 0.5) is 0 Å². The van der Waals surface area contributed by atoms with Gasteiger partial charge in [0.15, 0.2) is 0 Å². The summed E-state index contributed by atoms with van der Waals surface area (Å²) in [5.74, 6) is 1.65. The maximum atomic E-state index is 5.91. The fourth-order valence-corrected chi connectivity index (χ4v) is 3.82. The molecule has 0 saturated heterocycles. The summed E-state index contributed by atoms with van der Waals surface area (Å²) in [6.07, 6.45) is 12.7. The molecule has 0 radical (unpaired) electrons. The Bertz CT molecular complexity index is 211. The van der Waals surface area contributed by atoms with E-state index >= 15 is 0 Å². The Kier molecular flexibility index (Phi) is 5.30. The van der Waals surface area contributed by atoms with Crippen LogP contribution in [0.2, 0.25) is 0 Å². The molecule has 2 fully saturated rings. The Hall–Kier alpha value is -0.0800. The molecule has 17 heavy (non-hydrogen) atoms. The van der Waals surface area contributed by atoms with Crippen molar-refractivity contribution in [3.8, 4) is 0 Å². The molecule has 2 aliphatic rings. The van der Waals surface area contributed by atoms with Crippen molar-refractivity contribution in [1.82, 2.24) is 5.32 Å². The molecule has 2 unspecified atom stereocenters. The van der Waals surface area contributed by atoms with Crippen LogP contribution < -0.4 is 11.1 Å². The highest BCUT2D eigenvalue weighted by molar-refractivity contribution is 4.86. The molecule has 3 atom stereocenters. The molecule has 2 saturated carbocycles. The van der Waals surface area contributed by atoms with Crippen LogP contribution in [-0.4, -0.2) is 18.6 Å². The molecule has 0 bridgehead atoms. The minimum Gasteiger partial charge on any atom is -0.330 e. The minimum absolute atomic E-state index is 0.700. The predicted molar refractivity (Wildman–Crippen MR) is 74.0 cm³/mol. The van der Waals surface area contributed by atoms with E-state index in [2.05, 4.69) is 12.2 Å². The predicted octanol–water partition coefficient (Wildman–Crippen LogP) is 3.06. The van der Waals surface area contributed by atoms with E-state index in [1.807, 2.05) is 0 Å². The summed E-state index contributed by atoms with van der Waals surface area (Å²) in [7, 11) is 0. The van der Waals surface area contributed by atoms with Gasteiger partial charge >= 0.3 is 0 Å². The second-order valence-electron chi connectivity index (χ2n) is 6.24. The first kappa shape index (κ1) is 13.4. The van der Waals surface area contributed by atoms with Crippen LogP contribution in [0, 0.1) is 11.8 Å². The molecule has 2 nitrogen and oxygen atoms in total. The van der Waals surface area contributed by atoms with Crippen molar-refractivity contribution >= 4 is 0 Å². The first-order chi connectivity index (χ1) is 8.31. The quantitative estimate of drug-likeness (QED) is 0.790. The highest BCUT2D eigenvalue weighted by Gasteiger charge is 2.27. The molecule has 2 rings (SSSR count). The molecule has 0 aromatic carbocycles. The molecule has 3 N–H and O–H groups in total. The summed E-state index contributed by atoms with van der Waals surface area (Å²) in [6.45, 7) is 3.27. The fourth-order valence-electron chi connectivity index (χ4n) is 3.82. The van der Waals surface area contributed by atoms with Gasteiger partial charge in [-0.05, 0) is 51.0 Å². The number of nitrogens with two attached hydrogens (primary N) is 1. The number of hydrogen-bond acceptors (Lipinski definition) is 2. The van der Waals surface area contributed by atoms with Gasteiger partial charge in [0, 0.05) is 12.1 Å². The normalized spacial score (nSPS) is 33.5. The second kappa shape index (κ2) is 6.75. The van der Waals surface area contributed by atoms with Gasteiger partial charge in [0.25, 0.3) is 0 Å². The maximum absolute atomic E-state index is 5.91. The Labute approximate surface area is 107 Å². The van der Waals surface area contributed by atoms with Gasteiger partial charge in [0.1, 0.15) is 0 Å². The van der Waals surface area contributed by atoms with E-state index in [0.29, 0.717) is 12.1 Å². The Morgan fingerprint density at radius 1 is 1.00 bits per heavy atom. The lowest BCUT2D eigenvalue weighted by Gasteiger charge is -2.37. The lowest BCUT2D eigenvalue weighted by molar-refractivity contribution is 0.204. The lowest BCUT2D eigenvalue weighted by atomic mass is 9.81. The molecular weight excluding hydrogens is 208 g/mol. The zero-order chi connectivity index (χ0) is 12.1. The van der Waals surface area contributed by atoms with E-state index in [1.165, 1.54) is 57.8 Å². The van der Waals surface area contributed by atoms with Gasteiger partial charge in [0.05, 0.1) is 0 Å². The third-order valence-electron chi connectivity index (χ3n) is 5.05. The van der Waals surface area contributed by atoms with Gasteiger partial charge in [-0.25, -0.2) is 0 Å². The SMILES string of the molecule is C[C@H](NC1CCCCC1CN)C1CCCCC1. The van der Waals surface area contributed by atoms with Crippen molar-refractivity contribution in [1.29, 1.82) is 0 Å². The van der Waals surface area contributed by atoms with Crippen LogP contribution in [0.15, 0.2) is 0 Å². The van der Waals surface area contributed by atoms with Crippen LogP contribution in [0.5, 0.6) is 0 Å². The summed E-state index contributed by atoms with van der Waals surface area (Å²) in [6, 6.07) is 1.40. The molecule has 0 heterocycles. The topological polar surface area (TPSA) is 38.0 Å². The summed E-state index contributed by atoms with van der Waals surface area (Å²) < 4.78 is 0. The van der Waals surface area contributed by atoms with Crippen LogP contribution in [0.3, 0.4) is 0 Å². The molecule has 2 aliphatic carbocycles. The number of hydrogen-bond donors (Lipinski definition) is 2. The van der Waals surface area contributed by atoms with E-state index in [-0.39, 0.29) is 0 Å². The number of rotatable bonds is 4. The standard InChI is InChI=1S/C15H30N2/c1-12(13-7-3-2-4-8-13)17-15-10-6-5-9-14(15)11-16/h12-15,17H,2-11,16H2,1H3/t12-,14?,15?/m0/s1.